The molecule has 2 saturated heterocycles. The minimum atomic E-state index is -0.124. The number of rotatable bonds is 1. The van der Waals surface area contributed by atoms with Gasteiger partial charge in [0.2, 0.25) is 0 Å². The molecule has 0 bridgehead atoms. The molecule has 1 aromatic carbocycles. The van der Waals surface area contributed by atoms with Crippen LogP contribution in [0, 0.1) is 0 Å². The predicted octanol–water partition coefficient (Wildman–Crippen LogP) is 1.06. The van der Waals surface area contributed by atoms with Crippen LogP contribution in [0.2, 0.25) is 0 Å². The molecule has 1 aromatic rings. The molecule has 0 spiro atoms. The number of ether oxygens (including phenoxy) is 2. The zero-order valence-electron chi connectivity index (χ0n) is 13.6. The summed E-state index contributed by atoms with van der Waals surface area (Å²) in [7, 11) is 0. The molecular weight excluding hydrogens is 292 g/mol. The van der Waals surface area contributed by atoms with Crippen LogP contribution in [0.25, 0.3) is 0 Å². The molecule has 1 N–H and O–H groups in total. The summed E-state index contributed by atoms with van der Waals surface area (Å²) in [4.78, 5) is 14.3. The fourth-order valence-electron chi connectivity index (χ4n) is 3.88. The highest BCUT2D eigenvalue weighted by atomic mass is 16.5. The van der Waals surface area contributed by atoms with Gasteiger partial charge in [-0.25, -0.2) is 0 Å². The summed E-state index contributed by atoms with van der Waals surface area (Å²) in [5, 5.41) is 3.43. The van der Waals surface area contributed by atoms with Crippen LogP contribution in [0.1, 0.15) is 29.7 Å². The minimum absolute atomic E-state index is 0.0520. The molecule has 3 aliphatic heterocycles. The van der Waals surface area contributed by atoms with Crippen LogP contribution in [0.3, 0.4) is 0 Å². The number of fused-ring (bicyclic) bond motifs is 2. The first-order valence-electron chi connectivity index (χ1n) is 8.56. The van der Waals surface area contributed by atoms with Crippen LogP contribution in [-0.2, 0) is 27.1 Å². The predicted molar refractivity (Wildman–Crippen MR) is 86.3 cm³/mol. The second-order valence-electron chi connectivity index (χ2n) is 6.88. The Labute approximate surface area is 136 Å². The van der Waals surface area contributed by atoms with Crippen LogP contribution < -0.4 is 5.32 Å². The molecule has 5 nitrogen and oxygen atoms in total. The van der Waals surface area contributed by atoms with E-state index in [0.717, 1.165) is 44.8 Å². The molecule has 0 radical (unpaired) electrons. The lowest BCUT2D eigenvalue weighted by Gasteiger charge is -2.42. The van der Waals surface area contributed by atoms with Gasteiger partial charge in [-0.3, -0.25) is 9.69 Å². The van der Waals surface area contributed by atoms with Crippen molar-refractivity contribution in [2.45, 2.75) is 38.0 Å². The zero-order chi connectivity index (χ0) is 15.8. The van der Waals surface area contributed by atoms with Gasteiger partial charge in [-0.2, -0.15) is 0 Å². The topological polar surface area (TPSA) is 50.8 Å². The maximum absolute atomic E-state index is 11.7. The van der Waals surface area contributed by atoms with Gasteiger partial charge in [-0.1, -0.05) is 18.2 Å². The summed E-state index contributed by atoms with van der Waals surface area (Å²) in [5.74, 6) is -0.124. The number of nitrogens with zero attached hydrogens (tertiary/aromatic N) is 1. The normalized spacial score (nSPS) is 31.7. The molecule has 0 amide bonds. The number of morpholine rings is 1. The molecule has 23 heavy (non-hydrogen) atoms. The molecule has 4 rings (SSSR count). The summed E-state index contributed by atoms with van der Waals surface area (Å²) in [6.45, 7) is 6.87. The summed E-state index contributed by atoms with van der Waals surface area (Å²) >= 11 is 0. The number of esters is 1. The van der Waals surface area contributed by atoms with Crippen LogP contribution >= 0.6 is 0 Å². The molecule has 0 aliphatic carbocycles. The van der Waals surface area contributed by atoms with E-state index in [4.69, 9.17) is 9.47 Å². The number of nitrogens with one attached hydrogen (secondary N) is 1. The van der Waals surface area contributed by atoms with Gasteiger partial charge in [0, 0.05) is 38.6 Å². The average Bonchev–Trinajstić information content (AvgIpc) is 2.70. The molecule has 3 aliphatic rings. The lowest BCUT2D eigenvalue weighted by atomic mass is 9.95. The van der Waals surface area contributed by atoms with Crippen molar-refractivity contribution in [3.8, 4) is 0 Å². The summed E-state index contributed by atoms with van der Waals surface area (Å²) in [6, 6.07) is 6.93. The molecule has 0 aromatic heterocycles. The van der Waals surface area contributed by atoms with Crippen LogP contribution in [0.4, 0.5) is 0 Å². The Morgan fingerprint density at radius 2 is 2.22 bits per heavy atom. The number of carbonyl (C=O) groups excluding carboxylic acids is 1. The molecular formula is C18H24N2O3. The quantitative estimate of drug-likeness (QED) is 0.785. The highest BCUT2D eigenvalue weighted by Gasteiger charge is 2.31. The molecule has 2 fully saturated rings. The summed E-state index contributed by atoms with van der Waals surface area (Å²) in [6.07, 6.45) is 1.25. The van der Waals surface area contributed by atoms with E-state index in [2.05, 4.69) is 28.4 Å². The number of hydrogen-bond acceptors (Lipinski definition) is 5. The highest BCUT2D eigenvalue weighted by molar-refractivity contribution is 5.74. The van der Waals surface area contributed by atoms with Crippen molar-refractivity contribution in [1.29, 1.82) is 0 Å². The highest BCUT2D eigenvalue weighted by Crippen LogP contribution is 2.29. The van der Waals surface area contributed by atoms with E-state index < -0.39 is 0 Å². The smallest absolute Gasteiger partial charge is 0.310 e. The fraction of sp³-hybridized carbons (Fsp3) is 0.611. The maximum Gasteiger partial charge on any atom is 0.310 e. The Morgan fingerprint density at radius 3 is 3.13 bits per heavy atom. The molecule has 3 unspecified atom stereocenters. The number of hydrogen-bond donors (Lipinski definition) is 1. The van der Waals surface area contributed by atoms with Gasteiger partial charge in [-0.15, -0.1) is 0 Å². The minimum Gasteiger partial charge on any atom is -0.462 e. The number of carbonyl (C=O) groups is 1. The van der Waals surface area contributed by atoms with E-state index in [0.29, 0.717) is 12.5 Å². The zero-order valence-corrected chi connectivity index (χ0v) is 13.6. The van der Waals surface area contributed by atoms with Gasteiger partial charge < -0.3 is 14.8 Å². The Hall–Kier alpha value is -1.43. The van der Waals surface area contributed by atoms with E-state index in [9.17, 15) is 4.79 Å². The largest absolute Gasteiger partial charge is 0.462 e. The molecule has 5 heteroatoms. The maximum atomic E-state index is 11.7. The molecule has 3 heterocycles. The Balaban J connectivity index is 1.54. The van der Waals surface area contributed by atoms with Gasteiger partial charge >= 0.3 is 5.97 Å². The summed E-state index contributed by atoms with van der Waals surface area (Å²) in [5.41, 5.74) is 3.55. The fourth-order valence-corrected chi connectivity index (χ4v) is 3.88. The molecule has 0 saturated carbocycles. The second-order valence-corrected chi connectivity index (χ2v) is 6.88. The standard InChI is InChI=1S/C18H24N2O3/c1-12-6-15-7-14(3-2-13(15)8-18(21)23-12)17-10-20-5-4-19-9-16(20)11-22-17/h2-3,7,12,16-17,19H,4-6,8-11H2,1H3. The van der Waals surface area contributed by atoms with E-state index in [1.165, 1.54) is 11.1 Å². The number of cyclic esters (lactones) is 1. The third kappa shape index (κ3) is 3.13. The van der Waals surface area contributed by atoms with Crippen molar-refractivity contribution < 1.29 is 14.3 Å². The molecule has 3 atom stereocenters. The first-order valence-corrected chi connectivity index (χ1v) is 8.56. The Kier molecular flexibility index (Phi) is 4.09. The van der Waals surface area contributed by atoms with Gasteiger partial charge in [-0.05, 0) is 23.6 Å². The average molecular weight is 316 g/mol. The second kappa shape index (κ2) is 6.23. The van der Waals surface area contributed by atoms with Crippen LogP contribution in [0.15, 0.2) is 18.2 Å². The van der Waals surface area contributed by atoms with Crippen molar-refractivity contribution >= 4 is 5.97 Å². The number of benzene rings is 1. The van der Waals surface area contributed by atoms with Crippen LogP contribution in [0.5, 0.6) is 0 Å². The van der Waals surface area contributed by atoms with Crippen molar-refractivity contribution in [2.75, 3.05) is 32.8 Å². The monoisotopic (exact) mass is 316 g/mol. The third-order valence-electron chi connectivity index (χ3n) is 5.14. The van der Waals surface area contributed by atoms with Gasteiger partial charge in [0.15, 0.2) is 0 Å². The lowest BCUT2D eigenvalue weighted by Crippen LogP contribution is -2.57. The van der Waals surface area contributed by atoms with Gasteiger partial charge in [0.05, 0.1) is 19.1 Å². The van der Waals surface area contributed by atoms with Crippen molar-refractivity contribution in [3.63, 3.8) is 0 Å². The van der Waals surface area contributed by atoms with Crippen molar-refractivity contribution in [1.82, 2.24) is 10.2 Å². The SMILES string of the molecule is CC1Cc2cc(C3CN4CCNCC4CO3)ccc2CC(=O)O1. The lowest BCUT2D eigenvalue weighted by molar-refractivity contribution is -0.146. The van der Waals surface area contributed by atoms with Crippen molar-refractivity contribution in [3.05, 3.63) is 34.9 Å². The van der Waals surface area contributed by atoms with Gasteiger partial charge in [0.1, 0.15) is 6.10 Å². The number of piperazine rings is 1. The Morgan fingerprint density at radius 1 is 1.30 bits per heavy atom. The van der Waals surface area contributed by atoms with Crippen LogP contribution in [-0.4, -0.2) is 55.8 Å². The first-order chi connectivity index (χ1) is 11.2. The summed E-state index contributed by atoms with van der Waals surface area (Å²) < 4.78 is 11.5. The van der Waals surface area contributed by atoms with E-state index in [-0.39, 0.29) is 18.2 Å². The van der Waals surface area contributed by atoms with E-state index in [1.807, 2.05) is 6.92 Å². The Bertz CT molecular complexity index is 604. The van der Waals surface area contributed by atoms with Crippen molar-refractivity contribution in [2.24, 2.45) is 0 Å². The van der Waals surface area contributed by atoms with E-state index in [1.54, 1.807) is 0 Å². The van der Waals surface area contributed by atoms with Gasteiger partial charge in [0.25, 0.3) is 0 Å². The first kappa shape index (κ1) is 15.1. The van der Waals surface area contributed by atoms with E-state index >= 15 is 0 Å². The molecule has 124 valence electrons. The third-order valence-corrected chi connectivity index (χ3v) is 5.14.